The molecule has 0 unspecified atom stereocenters. The monoisotopic (exact) mass is 259 g/mol. The third kappa shape index (κ3) is 3.67. The molecule has 1 heterocycles. The van der Waals surface area contributed by atoms with Gasteiger partial charge in [0, 0.05) is 25.2 Å². The Balaban J connectivity index is 1.91. The van der Waals surface area contributed by atoms with E-state index in [-0.39, 0.29) is 5.97 Å². The smallest absolute Gasteiger partial charge is 0.333 e. The van der Waals surface area contributed by atoms with Gasteiger partial charge in [-0.1, -0.05) is 35.9 Å². The second kappa shape index (κ2) is 6.53. The number of hydrogen-bond acceptors (Lipinski definition) is 3. The standard InChI is InChI=1S/C16H21NO2/c1-13(16(18)19-2)15-8-10-17(11-9-15)12-14-6-4-3-5-7-14/h3-7H,8-12H2,1-2H3. The maximum Gasteiger partial charge on any atom is 0.333 e. The molecule has 1 aromatic carbocycles. The number of piperidine rings is 1. The van der Waals surface area contributed by atoms with E-state index in [2.05, 4.69) is 29.2 Å². The normalized spacial score (nSPS) is 16.2. The number of hydrogen-bond donors (Lipinski definition) is 0. The number of ether oxygens (including phenoxy) is 1. The molecule has 0 aromatic heterocycles. The molecular weight excluding hydrogens is 238 g/mol. The Morgan fingerprint density at radius 2 is 1.84 bits per heavy atom. The van der Waals surface area contributed by atoms with Crippen LogP contribution in [-0.4, -0.2) is 31.1 Å². The molecule has 0 bridgehead atoms. The molecular formula is C16H21NO2. The number of benzene rings is 1. The van der Waals surface area contributed by atoms with Gasteiger partial charge in [0.25, 0.3) is 0 Å². The van der Waals surface area contributed by atoms with Crippen molar-refractivity contribution in [2.45, 2.75) is 26.3 Å². The molecule has 2 rings (SSSR count). The van der Waals surface area contributed by atoms with Crippen LogP contribution in [0.15, 0.2) is 41.5 Å². The van der Waals surface area contributed by atoms with Crippen LogP contribution < -0.4 is 0 Å². The van der Waals surface area contributed by atoms with E-state index in [9.17, 15) is 4.79 Å². The summed E-state index contributed by atoms with van der Waals surface area (Å²) in [4.78, 5) is 13.9. The van der Waals surface area contributed by atoms with E-state index in [4.69, 9.17) is 4.74 Å². The number of carbonyl (C=O) groups is 1. The zero-order chi connectivity index (χ0) is 13.7. The molecule has 0 radical (unpaired) electrons. The number of likely N-dealkylation sites (tertiary alicyclic amines) is 1. The molecule has 1 aromatic rings. The highest BCUT2D eigenvalue weighted by atomic mass is 16.5. The summed E-state index contributed by atoms with van der Waals surface area (Å²) in [6, 6.07) is 10.5. The first-order valence-electron chi connectivity index (χ1n) is 6.74. The highest BCUT2D eigenvalue weighted by Gasteiger charge is 2.18. The molecule has 0 spiro atoms. The Kier molecular flexibility index (Phi) is 4.74. The van der Waals surface area contributed by atoms with Gasteiger partial charge in [-0.25, -0.2) is 4.79 Å². The summed E-state index contributed by atoms with van der Waals surface area (Å²) in [7, 11) is 1.44. The van der Waals surface area contributed by atoms with E-state index >= 15 is 0 Å². The number of nitrogens with zero attached hydrogens (tertiary/aromatic N) is 1. The van der Waals surface area contributed by atoms with E-state index in [1.165, 1.54) is 18.2 Å². The fraction of sp³-hybridized carbons (Fsp3) is 0.438. The van der Waals surface area contributed by atoms with Gasteiger partial charge in [-0.2, -0.15) is 0 Å². The van der Waals surface area contributed by atoms with Crippen molar-refractivity contribution in [2.24, 2.45) is 0 Å². The van der Waals surface area contributed by atoms with E-state index in [0.717, 1.165) is 38.0 Å². The van der Waals surface area contributed by atoms with Crippen LogP contribution in [0.4, 0.5) is 0 Å². The van der Waals surface area contributed by atoms with Crippen LogP contribution in [-0.2, 0) is 16.1 Å². The second-order valence-electron chi connectivity index (χ2n) is 4.98. The van der Waals surface area contributed by atoms with Gasteiger partial charge >= 0.3 is 5.97 Å². The van der Waals surface area contributed by atoms with Crippen molar-refractivity contribution in [2.75, 3.05) is 20.2 Å². The van der Waals surface area contributed by atoms with Gasteiger partial charge in [-0.3, -0.25) is 4.90 Å². The zero-order valence-electron chi connectivity index (χ0n) is 11.7. The lowest BCUT2D eigenvalue weighted by atomic mass is 9.98. The van der Waals surface area contributed by atoms with Gasteiger partial charge in [0.2, 0.25) is 0 Å². The molecule has 0 aliphatic carbocycles. The quantitative estimate of drug-likeness (QED) is 0.617. The van der Waals surface area contributed by atoms with Crippen molar-refractivity contribution in [3.05, 3.63) is 47.0 Å². The molecule has 0 atom stereocenters. The van der Waals surface area contributed by atoms with Gasteiger partial charge < -0.3 is 4.74 Å². The van der Waals surface area contributed by atoms with E-state index in [1.54, 1.807) is 0 Å². The third-order valence-corrected chi connectivity index (χ3v) is 3.73. The Bertz CT molecular complexity index is 455. The number of methoxy groups -OCH3 is 1. The summed E-state index contributed by atoms with van der Waals surface area (Å²) >= 11 is 0. The van der Waals surface area contributed by atoms with Crippen molar-refractivity contribution in [3.63, 3.8) is 0 Å². The minimum atomic E-state index is -0.188. The molecule has 19 heavy (non-hydrogen) atoms. The van der Waals surface area contributed by atoms with E-state index in [0.29, 0.717) is 0 Å². The van der Waals surface area contributed by atoms with Gasteiger partial charge in [-0.15, -0.1) is 0 Å². The molecule has 102 valence electrons. The Labute approximate surface area is 114 Å². The average Bonchev–Trinajstić information content (AvgIpc) is 2.47. The molecule has 1 aliphatic rings. The van der Waals surface area contributed by atoms with Crippen LogP contribution in [0.25, 0.3) is 0 Å². The Hall–Kier alpha value is -1.61. The fourth-order valence-electron chi connectivity index (χ4n) is 2.50. The summed E-state index contributed by atoms with van der Waals surface area (Å²) in [6.07, 6.45) is 1.93. The maximum atomic E-state index is 11.5. The van der Waals surface area contributed by atoms with Crippen LogP contribution >= 0.6 is 0 Å². The lowest BCUT2D eigenvalue weighted by Gasteiger charge is -2.29. The van der Waals surface area contributed by atoms with Crippen LogP contribution in [0.3, 0.4) is 0 Å². The molecule has 1 saturated heterocycles. The second-order valence-corrected chi connectivity index (χ2v) is 4.98. The van der Waals surface area contributed by atoms with Crippen LogP contribution in [0.5, 0.6) is 0 Å². The molecule has 3 heteroatoms. The lowest BCUT2D eigenvalue weighted by molar-refractivity contribution is -0.136. The van der Waals surface area contributed by atoms with Gasteiger partial charge in [0.1, 0.15) is 0 Å². The first kappa shape index (κ1) is 13.8. The topological polar surface area (TPSA) is 29.5 Å². The minimum Gasteiger partial charge on any atom is -0.466 e. The number of rotatable bonds is 3. The average molecular weight is 259 g/mol. The fourth-order valence-corrected chi connectivity index (χ4v) is 2.50. The highest BCUT2D eigenvalue weighted by Crippen LogP contribution is 2.21. The van der Waals surface area contributed by atoms with Gasteiger partial charge in [0.15, 0.2) is 0 Å². The first-order chi connectivity index (χ1) is 9.20. The van der Waals surface area contributed by atoms with Crippen molar-refractivity contribution < 1.29 is 9.53 Å². The van der Waals surface area contributed by atoms with Crippen molar-refractivity contribution in [1.29, 1.82) is 0 Å². The van der Waals surface area contributed by atoms with Gasteiger partial charge in [-0.05, 0) is 25.3 Å². The molecule has 1 aliphatic heterocycles. The minimum absolute atomic E-state index is 0.188. The molecule has 3 nitrogen and oxygen atoms in total. The van der Waals surface area contributed by atoms with Crippen LogP contribution in [0.2, 0.25) is 0 Å². The SMILES string of the molecule is COC(=O)C(C)=C1CCN(Cc2ccccc2)CC1. The van der Waals surface area contributed by atoms with E-state index < -0.39 is 0 Å². The Morgan fingerprint density at radius 3 is 2.42 bits per heavy atom. The molecule has 1 fully saturated rings. The predicted molar refractivity (Wildman–Crippen MR) is 75.7 cm³/mol. The summed E-state index contributed by atoms with van der Waals surface area (Å²) in [5, 5.41) is 0. The lowest BCUT2D eigenvalue weighted by Crippen LogP contribution is -2.31. The van der Waals surface area contributed by atoms with Crippen LogP contribution in [0, 0.1) is 0 Å². The predicted octanol–water partition coefficient (Wildman–Crippen LogP) is 2.77. The number of carbonyl (C=O) groups excluding carboxylic acids is 1. The summed E-state index contributed by atoms with van der Waals surface area (Å²) < 4.78 is 4.78. The zero-order valence-corrected chi connectivity index (χ0v) is 11.7. The van der Waals surface area contributed by atoms with Crippen molar-refractivity contribution >= 4 is 5.97 Å². The van der Waals surface area contributed by atoms with Crippen molar-refractivity contribution in [3.8, 4) is 0 Å². The van der Waals surface area contributed by atoms with E-state index in [1.807, 2.05) is 13.0 Å². The number of esters is 1. The molecule has 0 saturated carbocycles. The van der Waals surface area contributed by atoms with Crippen LogP contribution in [0.1, 0.15) is 25.3 Å². The summed E-state index contributed by atoms with van der Waals surface area (Å²) in [5.74, 6) is -0.188. The molecule has 0 N–H and O–H groups in total. The summed E-state index contributed by atoms with van der Waals surface area (Å²) in [6.45, 7) is 4.89. The largest absolute Gasteiger partial charge is 0.466 e. The first-order valence-corrected chi connectivity index (χ1v) is 6.74. The van der Waals surface area contributed by atoms with Gasteiger partial charge in [0.05, 0.1) is 7.11 Å². The Morgan fingerprint density at radius 1 is 1.21 bits per heavy atom. The molecule has 0 amide bonds. The maximum absolute atomic E-state index is 11.5. The summed E-state index contributed by atoms with van der Waals surface area (Å²) in [5.41, 5.74) is 3.39. The third-order valence-electron chi connectivity index (χ3n) is 3.73. The highest BCUT2D eigenvalue weighted by molar-refractivity contribution is 5.88. The van der Waals surface area contributed by atoms with Crippen molar-refractivity contribution in [1.82, 2.24) is 4.90 Å².